The maximum Gasteiger partial charge on any atom is 0.259 e. The zero-order valence-electron chi connectivity index (χ0n) is 13.3. The molecule has 1 fully saturated rings. The molecule has 7 heteroatoms. The second-order valence-electron chi connectivity index (χ2n) is 5.79. The number of carbonyl (C=O) groups is 1. The van der Waals surface area contributed by atoms with E-state index in [-0.39, 0.29) is 22.7 Å². The van der Waals surface area contributed by atoms with E-state index in [2.05, 4.69) is 5.32 Å². The zero-order chi connectivity index (χ0) is 17.2. The van der Waals surface area contributed by atoms with Crippen molar-refractivity contribution in [2.24, 2.45) is 0 Å². The number of aryl methyl sites for hydroxylation is 1. The molecule has 1 aliphatic heterocycles. The maximum atomic E-state index is 12.4. The first-order valence-electron chi connectivity index (χ1n) is 7.75. The predicted molar refractivity (Wildman–Crippen MR) is 88.9 cm³/mol. The van der Waals surface area contributed by atoms with E-state index in [4.69, 9.17) is 9.15 Å². The first-order chi connectivity index (χ1) is 11.5. The van der Waals surface area contributed by atoms with Crippen molar-refractivity contribution < 1.29 is 22.4 Å². The van der Waals surface area contributed by atoms with Gasteiger partial charge in [-0.1, -0.05) is 0 Å². The Labute approximate surface area is 140 Å². The van der Waals surface area contributed by atoms with Crippen LogP contribution in [0.1, 0.15) is 29.0 Å². The molecule has 24 heavy (non-hydrogen) atoms. The SMILES string of the molecule is Cc1occc1C(=O)Nc1ccc(S(=O)(=O)C[C@@H]2CCCO2)cc1. The van der Waals surface area contributed by atoms with Gasteiger partial charge in [0.2, 0.25) is 0 Å². The van der Waals surface area contributed by atoms with Gasteiger partial charge in [-0.3, -0.25) is 4.79 Å². The Kier molecular flexibility index (Phi) is 4.73. The molecule has 1 aliphatic rings. The molecule has 0 bridgehead atoms. The van der Waals surface area contributed by atoms with E-state index in [0.29, 0.717) is 23.6 Å². The smallest absolute Gasteiger partial charge is 0.259 e. The van der Waals surface area contributed by atoms with Gasteiger partial charge < -0.3 is 14.5 Å². The fourth-order valence-electron chi connectivity index (χ4n) is 2.68. The van der Waals surface area contributed by atoms with Gasteiger partial charge in [-0.05, 0) is 50.1 Å². The number of nitrogens with one attached hydrogen (secondary N) is 1. The fourth-order valence-corrected chi connectivity index (χ4v) is 4.18. The van der Waals surface area contributed by atoms with Crippen LogP contribution >= 0.6 is 0 Å². The lowest BCUT2D eigenvalue weighted by molar-refractivity contribution is 0.102. The molecule has 1 atom stereocenters. The van der Waals surface area contributed by atoms with Crippen molar-refractivity contribution in [1.82, 2.24) is 0 Å². The minimum Gasteiger partial charge on any atom is -0.469 e. The predicted octanol–water partition coefficient (Wildman–Crippen LogP) is 2.79. The average Bonchev–Trinajstić information content (AvgIpc) is 3.19. The molecular formula is C17H19NO5S. The van der Waals surface area contributed by atoms with Gasteiger partial charge in [0.05, 0.1) is 28.6 Å². The number of anilines is 1. The number of sulfone groups is 1. The molecular weight excluding hydrogens is 330 g/mol. The monoisotopic (exact) mass is 349 g/mol. The maximum absolute atomic E-state index is 12.4. The Morgan fingerprint density at radius 3 is 2.58 bits per heavy atom. The summed E-state index contributed by atoms with van der Waals surface area (Å²) in [7, 11) is -3.39. The van der Waals surface area contributed by atoms with Crippen LogP contribution in [-0.2, 0) is 14.6 Å². The van der Waals surface area contributed by atoms with E-state index in [9.17, 15) is 13.2 Å². The number of carbonyl (C=O) groups excluding carboxylic acids is 1. The molecule has 3 rings (SSSR count). The minimum absolute atomic E-state index is 0.00702. The molecule has 0 unspecified atom stereocenters. The molecule has 6 nitrogen and oxygen atoms in total. The van der Waals surface area contributed by atoms with Crippen molar-refractivity contribution >= 4 is 21.4 Å². The number of hydrogen-bond donors (Lipinski definition) is 1. The van der Waals surface area contributed by atoms with E-state index in [1.165, 1.54) is 18.4 Å². The van der Waals surface area contributed by atoms with Crippen molar-refractivity contribution in [2.75, 3.05) is 17.7 Å². The molecule has 1 aromatic carbocycles. The van der Waals surface area contributed by atoms with Crippen LogP contribution in [-0.4, -0.2) is 32.8 Å². The van der Waals surface area contributed by atoms with Crippen molar-refractivity contribution in [3.05, 3.63) is 47.9 Å². The highest BCUT2D eigenvalue weighted by atomic mass is 32.2. The third kappa shape index (κ3) is 3.68. The van der Waals surface area contributed by atoms with Crippen LogP contribution in [0.25, 0.3) is 0 Å². The van der Waals surface area contributed by atoms with Gasteiger partial charge >= 0.3 is 0 Å². The Morgan fingerprint density at radius 2 is 2.00 bits per heavy atom. The van der Waals surface area contributed by atoms with Crippen molar-refractivity contribution in [3.63, 3.8) is 0 Å². The second-order valence-corrected chi connectivity index (χ2v) is 7.82. The molecule has 1 amide bonds. The van der Waals surface area contributed by atoms with Crippen LogP contribution in [0, 0.1) is 6.92 Å². The van der Waals surface area contributed by atoms with Gasteiger partial charge in [-0.2, -0.15) is 0 Å². The van der Waals surface area contributed by atoms with Gasteiger partial charge in [-0.25, -0.2) is 8.42 Å². The summed E-state index contributed by atoms with van der Waals surface area (Å²) >= 11 is 0. The van der Waals surface area contributed by atoms with Crippen LogP contribution in [0.3, 0.4) is 0 Å². The summed E-state index contributed by atoms with van der Waals surface area (Å²) in [6.45, 7) is 2.33. The standard InChI is InChI=1S/C17H19NO5S/c1-12-16(8-10-22-12)17(19)18-13-4-6-15(7-5-13)24(20,21)11-14-3-2-9-23-14/h4-8,10,14H,2-3,9,11H2,1H3,(H,18,19)/t14-/m0/s1. The molecule has 2 aromatic rings. The molecule has 0 saturated carbocycles. The lowest BCUT2D eigenvalue weighted by Crippen LogP contribution is -2.20. The summed E-state index contributed by atoms with van der Waals surface area (Å²) in [6, 6.07) is 7.75. The molecule has 0 aliphatic carbocycles. The van der Waals surface area contributed by atoms with Gasteiger partial charge in [0, 0.05) is 12.3 Å². The molecule has 0 spiro atoms. The number of benzene rings is 1. The number of hydrogen-bond acceptors (Lipinski definition) is 5. The molecule has 1 aromatic heterocycles. The quantitative estimate of drug-likeness (QED) is 0.897. The molecule has 0 radical (unpaired) electrons. The molecule has 1 saturated heterocycles. The van der Waals surface area contributed by atoms with Crippen molar-refractivity contribution in [1.29, 1.82) is 0 Å². The third-order valence-corrected chi connectivity index (χ3v) is 5.81. The van der Waals surface area contributed by atoms with Crippen LogP contribution in [0.2, 0.25) is 0 Å². The summed E-state index contributed by atoms with van der Waals surface area (Å²) in [5.74, 6) is 0.229. The van der Waals surface area contributed by atoms with Gasteiger partial charge in [0.15, 0.2) is 9.84 Å². The number of amides is 1. The first-order valence-corrected chi connectivity index (χ1v) is 9.41. The topological polar surface area (TPSA) is 85.6 Å². The average molecular weight is 349 g/mol. The minimum atomic E-state index is -3.39. The highest BCUT2D eigenvalue weighted by molar-refractivity contribution is 7.91. The lowest BCUT2D eigenvalue weighted by Gasteiger charge is -2.11. The van der Waals surface area contributed by atoms with E-state index < -0.39 is 9.84 Å². The number of rotatable bonds is 5. The largest absolute Gasteiger partial charge is 0.469 e. The molecule has 2 heterocycles. The van der Waals surface area contributed by atoms with Crippen LogP contribution in [0.4, 0.5) is 5.69 Å². The lowest BCUT2D eigenvalue weighted by atomic mass is 10.2. The molecule has 128 valence electrons. The third-order valence-electron chi connectivity index (χ3n) is 4.00. The van der Waals surface area contributed by atoms with E-state index in [1.54, 1.807) is 25.1 Å². The summed E-state index contributed by atoms with van der Waals surface area (Å²) in [4.78, 5) is 12.3. The Balaban J connectivity index is 1.68. The number of ether oxygens (including phenoxy) is 1. The first kappa shape index (κ1) is 16.7. The summed E-state index contributed by atoms with van der Waals surface area (Å²) < 4.78 is 35.2. The van der Waals surface area contributed by atoms with E-state index in [1.807, 2.05) is 0 Å². The van der Waals surface area contributed by atoms with Gasteiger partial charge in [0.1, 0.15) is 5.76 Å². The fraction of sp³-hybridized carbons (Fsp3) is 0.353. The number of furan rings is 1. The Hall–Kier alpha value is -2.12. The Bertz CT molecular complexity index is 817. The van der Waals surface area contributed by atoms with Gasteiger partial charge in [-0.15, -0.1) is 0 Å². The van der Waals surface area contributed by atoms with Crippen LogP contribution in [0.15, 0.2) is 45.9 Å². The highest BCUT2D eigenvalue weighted by Gasteiger charge is 2.24. The summed E-state index contributed by atoms with van der Waals surface area (Å²) in [6.07, 6.45) is 2.90. The van der Waals surface area contributed by atoms with E-state index in [0.717, 1.165) is 12.8 Å². The summed E-state index contributed by atoms with van der Waals surface area (Å²) in [5.41, 5.74) is 0.974. The highest BCUT2D eigenvalue weighted by Crippen LogP contribution is 2.21. The van der Waals surface area contributed by atoms with Crippen molar-refractivity contribution in [3.8, 4) is 0 Å². The normalized spacial score (nSPS) is 17.8. The van der Waals surface area contributed by atoms with Crippen LogP contribution < -0.4 is 5.32 Å². The van der Waals surface area contributed by atoms with Gasteiger partial charge in [0.25, 0.3) is 5.91 Å². The summed E-state index contributed by atoms with van der Waals surface area (Å²) in [5, 5.41) is 2.72. The Morgan fingerprint density at radius 1 is 1.25 bits per heavy atom. The zero-order valence-corrected chi connectivity index (χ0v) is 14.1. The van der Waals surface area contributed by atoms with Crippen LogP contribution in [0.5, 0.6) is 0 Å². The van der Waals surface area contributed by atoms with Crippen molar-refractivity contribution in [2.45, 2.75) is 30.8 Å². The molecule has 1 N–H and O–H groups in total. The van der Waals surface area contributed by atoms with E-state index >= 15 is 0 Å². The second kappa shape index (κ2) is 6.78.